The molecule has 0 N–H and O–H groups in total. The maximum Gasteiger partial charge on any atom is 0.302 e. The summed E-state index contributed by atoms with van der Waals surface area (Å²) in [5, 5.41) is 0. The lowest BCUT2D eigenvalue weighted by molar-refractivity contribution is -0.150. The van der Waals surface area contributed by atoms with Crippen molar-refractivity contribution in [3.8, 4) is 0 Å². The van der Waals surface area contributed by atoms with Crippen LogP contribution in [-0.2, 0) is 14.3 Å². The predicted octanol–water partition coefficient (Wildman–Crippen LogP) is 4.15. The van der Waals surface area contributed by atoms with Gasteiger partial charge in [0.1, 0.15) is 6.10 Å². The highest BCUT2D eigenvalue weighted by Gasteiger charge is 2.53. The van der Waals surface area contributed by atoms with Gasteiger partial charge in [0.05, 0.1) is 0 Å². The third-order valence-electron chi connectivity index (χ3n) is 6.82. The largest absolute Gasteiger partial charge is 0.462 e. The second-order valence-electron chi connectivity index (χ2n) is 8.24. The van der Waals surface area contributed by atoms with Crippen LogP contribution >= 0.6 is 0 Å². The van der Waals surface area contributed by atoms with Crippen molar-refractivity contribution in [1.82, 2.24) is 0 Å². The summed E-state index contributed by atoms with van der Waals surface area (Å²) >= 11 is 0. The third-order valence-corrected chi connectivity index (χ3v) is 6.82. The number of hydrogen-bond acceptors (Lipinski definition) is 3. The van der Waals surface area contributed by atoms with E-state index in [-0.39, 0.29) is 29.2 Å². The first-order valence-electron chi connectivity index (χ1n) is 9.24. The monoisotopic (exact) mass is 326 g/mol. The lowest BCUT2D eigenvalue weighted by Gasteiger charge is -2.45. The molecule has 5 atom stereocenters. The molecule has 0 aromatic rings. The van der Waals surface area contributed by atoms with Gasteiger partial charge in [-0.15, -0.1) is 0 Å². The van der Waals surface area contributed by atoms with Crippen molar-refractivity contribution in [3.63, 3.8) is 0 Å². The SMILES string of the molecule is CC(=O)OC1CCC2C3CCC4=CC(=O)[C@@H](C)CC4=C3C=CC12C. The van der Waals surface area contributed by atoms with Crippen LogP contribution in [0, 0.1) is 23.2 Å². The van der Waals surface area contributed by atoms with Crippen LogP contribution in [0.3, 0.4) is 0 Å². The fraction of sp³-hybridized carbons (Fsp3) is 0.619. The Balaban J connectivity index is 1.74. The van der Waals surface area contributed by atoms with E-state index in [4.69, 9.17) is 4.74 Å². The normalized spacial score (nSPS) is 40.6. The van der Waals surface area contributed by atoms with Crippen molar-refractivity contribution in [3.05, 3.63) is 34.9 Å². The molecular formula is C21H26O3. The van der Waals surface area contributed by atoms with Crippen LogP contribution in [0.15, 0.2) is 34.9 Å². The van der Waals surface area contributed by atoms with Gasteiger partial charge in [0.25, 0.3) is 0 Å². The maximum absolute atomic E-state index is 12.0. The average Bonchev–Trinajstić information content (AvgIpc) is 2.85. The molecule has 0 aromatic carbocycles. The number of carbonyl (C=O) groups excluding carboxylic acids is 2. The number of rotatable bonds is 1. The Morgan fingerprint density at radius 3 is 2.83 bits per heavy atom. The van der Waals surface area contributed by atoms with E-state index in [2.05, 4.69) is 19.1 Å². The number of allylic oxidation sites excluding steroid dienone is 5. The van der Waals surface area contributed by atoms with E-state index in [0.29, 0.717) is 11.8 Å². The fourth-order valence-corrected chi connectivity index (χ4v) is 5.51. The standard InChI is InChI=1S/C21H26O3/c1-12-10-17-14(11-19(12)23)4-5-16-15(17)8-9-21(3)18(16)6-7-20(21)24-13(2)22/h8-9,11-12,16,18,20H,4-7,10H2,1-3H3/t12-,16?,18?,20?,21?/m0/s1. The Morgan fingerprint density at radius 2 is 2.08 bits per heavy atom. The Hall–Kier alpha value is -1.64. The maximum atomic E-state index is 12.0. The van der Waals surface area contributed by atoms with E-state index >= 15 is 0 Å². The molecule has 0 heterocycles. The summed E-state index contributed by atoms with van der Waals surface area (Å²) in [4.78, 5) is 23.5. The molecule has 0 amide bonds. The number of ketones is 1. The summed E-state index contributed by atoms with van der Waals surface area (Å²) < 4.78 is 5.64. The molecule has 0 aliphatic heterocycles. The first-order chi connectivity index (χ1) is 11.4. The summed E-state index contributed by atoms with van der Waals surface area (Å²) in [6.45, 7) is 5.80. The van der Waals surface area contributed by atoms with Crippen LogP contribution in [0.2, 0.25) is 0 Å². The highest BCUT2D eigenvalue weighted by molar-refractivity contribution is 5.94. The van der Waals surface area contributed by atoms with Crippen LogP contribution in [0.25, 0.3) is 0 Å². The minimum Gasteiger partial charge on any atom is -0.462 e. The zero-order chi connectivity index (χ0) is 17.1. The molecule has 0 bridgehead atoms. The molecule has 3 heteroatoms. The van der Waals surface area contributed by atoms with E-state index in [0.717, 1.165) is 32.1 Å². The van der Waals surface area contributed by atoms with Gasteiger partial charge >= 0.3 is 5.97 Å². The lowest BCUT2D eigenvalue weighted by Crippen LogP contribution is -2.40. The highest BCUT2D eigenvalue weighted by atomic mass is 16.5. The Bertz CT molecular complexity index is 696. The first-order valence-corrected chi connectivity index (χ1v) is 9.24. The number of ether oxygens (including phenoxy) is 1. The van der Waals surface area contributed by atoms with E-state index in [1.807, 2.05) is 13.0 Å². The van der Waals surface area contributed by atoms with Gasteiger partial charge in [0.2, 0.25) is 0 Å². The van der Waals surface area contributed by atoms with Gasteiger partial charge in [0, 0.05) is 18.3 Å². The predicted molar refractivity (Wildman–Crippen MR) is 92.1 cm³/mol. The Kier molecular flexibility index (Phi) is 3.59. The summed E-state index contributed by atoms with van der Waals surface area (Å²) in [5.41, 5.74) is 4.11. The van der Waals surface area contributed by atoms with Crippen molar-refractivity contribution < 1.29 is 14.3 Å². The molecule has 0 saturated heterocycles. The minimum absolute atomic E-state index is 0.00611. The molecular weight excluding hydrogens is 300 g/mol. The summed E-state index contributed by atoms with van der Waals surface area (Å²) in [6.07, 6.45) is 11.6. The highest BCUT2D eigenvalue weighted by Crippen LogP contribution is 2.58. The number of hydrogen-bond donors (Lipinski definition) is 0. The molecule has 4 aliphatic rings. The minimum atomic E-state index is -0.173. The van der Waals surface area contributed by atoms with Crippen molar-refractivity contribution >= 4 is 11.8 Å². The van der Waals surface area contributed by atoms with Gasteiger partial charge < -0.3 is 4.74 Å². The number of fused-ring (bicyclic) bond motifs is 4. The smallest absolute Gasteiger partial charge is 0.302 e. The molecule has 3 nitrogen and oxygen atoms in total. The number of esters is 1. The molecule has 24 heavy (non-hydrogen) atoms. The van der Waals surface area contributed by atoms with Gasteiger partial charge in [-0.3, -0.25) is 9.59 Å². The third kappa shape index (κ3) is 2.24. The number of carbonyl (C=O) groups is 2. The second kappa shape index (κ2) is 5.44. The van der Waals surface area contributed by atoms with Gasteiger partial charge in [0.15, 0.2) is 5.78 Å². The van der Waals surface area contributed by atoms with Crippen molar-refractivity contribution in [2.75, 3.05) is 0 Å². The van der Waals surface area contributed by atoms with Crippen molar-refractivity contribution in [2.24, 2.45) is 23.2 Å². The van der Waals surface area contributed by atoms with Crippen molar-refractivity contribution in [2.45, 2.75) is 59.0 Å². The van der Waals surface area contributed by atoms with Gasteiger partial charge in [-0.2, -0.15) is 0 Å². The molecule has 4 unspecified atom stereocenters. The molecule has 128 valence electrons. The van der Waals surface area contributed by atoms with E-state index < -0.39 is 0 Å². The molecule has 0 aromatic heterocycles. The van der Waals surface area contributed by atoms with Gasteiger partial charge in [-0.05, 0) is 66.7 Å². The van der Waals surface area contributed by atoms with Gasteiger partial charge in [-0.25, -0.2) is 0 Å². The van der Waals surface area contributed by atoms with Crippen molar-refractivity contribution in [1.29, 1.82) is 0 Å². The summed E-state index contributed by atoms with van der Waals surface area (Å²) in [5.74, 6) is 1.31. The first kappa shape index (κ1) is 15.9. The van der Waals surface area contributed by atoms with Crippen LogP contribution in [0.1, 0.15) is 52.9 Å². The molecule has 1 fully saturated rings. The van der Waals surface area contributed by atoms with Crippen LogP contribution in [-0.4, -0.2) is 17.9 Å². The van der Waals surface area contributed by atoms with E-state index in [9.17, 15) is 9.59 Å². The molecule has 4 aliphatic carbocycles. The van der Waals surface area contributed by atoms with Crippen LogP contribution in [0.5, 0.6) is 0 Å². The van der Waals surface area contributed by atoms with E-state index in [1.54, 1.807) is 0 Å². The zero-order valence-corrected chi connectivity index (χ0v) is 14.8. The summed E-state index contributed by atoms with van der Waals surface area (Å²) in [7, 11) is 0. The topological polar surface area (TPSA) is 43.4 Å². The molecule has 0 radical (unpaired) electrons. The zero-order valence-electron chi connectivity index (χ0n) is 14.8. The van der Waals surface area contributed by atoms with Gasteiger partial charge in [-0.1, -0.05) is 26.0 Å². The van der Waals surface area contributed by atoms with Crippen LogP contribution in [0.4, 0.5) is 0 Å². The Morgan fingerprint density at radius 1 is 1.29 bits per heavy atom. The molecule has 4 rings (SSSR count). The quantitative estimate of drug-likeness (QED) is 0.680. The second-order valence-corrected chi connectivity index (χ2v) is 8.24. The average molecular weight is 326 g/mol. The lowest BCUT2D eigenvalue weighted by atomic mass is 9.60. The fourth-order valence-electron chi connectivity index (χ4n) is 5.51. The summed E-state index contributed by atoms with van der Waals surface area (Å²) in [6, 6.07) is 0. The molecule has 1 saturated carbocycles. The molecule has 0 spiro atoms. The van der Waals surface area contributed by atoms with Crippen LogP contribution < -0.4 is 0 Å². The Labute approximate surface area is 143 Å². The van der Waals surface area contributed by atoms with E-state index in [1.165, 1.54) is 23.6 Å².